The van der Waals surface area contributed by atoms with E-state index in [4.69, 9.17) is 9.68 Å². The second-order valence-electron chi connectivity index (χ2n) is 15.8. The number of aryl methyl sites for hydroxylation is 4. The van der Waals surface area contributed by atoms with Gasteiger partial charge in [-0.05, 0) is 103 Å². The maximum absolute atomic E-state index is 11.3. The number of carboxylic acids is 2. The van der Waals surface area contributed by atoms with Crippen LogP contribution >= 0.6 is 12.4 Å². The lowest BCUT2D eigenvalue weighted by molar-refractivity contribution is -0.144. The number of carbonyl (C=O) groups is 2. The lowest BCUT2D eigenvalue weighted by atomic mass is 9.95. The molecule has 2 fully saturated rings. The molecular formula is C48H61ClN4O6. The Kier molecular flexibility index (Phi) is 18.1. The molecule has 316 valence electrons. The highest BCUT2D eigenvalue weighted by Gasteiger charge is 2.28. The Bertz CT molecular complexity index is 1810. The summed E-state index contributed by atoms with van der Waals surface area (Å²) in [6.07, 6.45) is 3.06. The Hall–Kier alpha value is -5.03. The van der Waals surface area contributed by atoms with Crippen molar-refractivity contribution in [3.63, 3.8) is 0 Å². The van der Waals surface area contributed by atoms with Crippen LogP contribution in [0.3, 0.4) is 0 Å². The average molecular weight is 825 g/mol. The number of hydrogen-bond donors (Lipinski definition) is 2. The van der Waals surface area contributed by atoms with Crippen LogP contribution < -0.4 is 0 Å². The van der Waals surface area contributed by atoms with Crippen molar-refractivity contribution in [2.24, 2.45) is 22.1 Å². The van der Waals surface area contributed by atoms with Crippen LogP contribution in [-0.2, 0) is 19.3 Å². The molecule has 4 aromatic carbocycles. The molecule has 0 aliphatic carbocycles. The molecular weight excluding hydrogens is 764 g/mol. The van der Waals surface area contributed by atoms with Crippen LogP contribution in [0, 0.1) is 39.5 Å². The SMILES string of the molecule is Cc1ccccc1C(=NOC(C)CN1CCCC(C(=O)O)C1)c1ccccc1C.Cc1ccccc1C(=NOC(C)CN1CCCC(C(=O)O)C1)c1ccccc1C.Cl. The number of nitrogens with zero attached hydrogens (tertiary/aromatic N) is 4. The van der Waals surface area contributed by atoms with E-state index in [0.717, 1.165) is 94.7 Å². The number of rotatable bonds is 14. The van der Waals surface area contributed by atoms with E-state index in [1.165, 1.54) is 0 Å². The standard InChI is InChI=1S/2C24H30N2O3.ClH/c2*1-17-9-4-6-12-21(17)23(22-13-7-5-10-18(22)2)25-29-19(3)15-26-14-8-11-20(16-26)24(27)28;/h2*4-7,9-10,12-13,19-20H,8,11,14-16H2,1-3H3,(H,27,28);1H. The monoisotopic (exact) mass is 824 g/mol. The van der Waals surface area contributed by atoms with E-state index >= 15 is 0 Å². The molecule has 0 amide bonds. The number of oxime groups is 2. The van der Waals surface area contributed by atoms with Crippen molar-refractivity contribution < 1.29 is 29.5 Å². The fraction of sp³-hybridized carbons (Fsp3) is 0.417. The topological polar surface area (TPSA) is 124 Å². The van der Waals surface area contributed by atoms with Crippen LogP contribution in [-0.4, -0.2) is 94.9 Å². The van der Waals surface area contributed by atoms with Crippen molar-refractivity contribution in [3.8, 4) is 0 Å². The van der Waals surface area contributed by atoms with Crippen LogP contribution in [0.5, 0.6) is 0 Å². The first-order valence-electron chi connectivity index (χ1n) is 20.5. The molecule has 59 heavy (non-hydrogen) atoms. The largest absolute Gasteiger partial charge is 0.481 e. The van der Waals surface area contributed by atoms with Gasteiger partial charge in [-0.15, -0.1) is 12.4 Å². The molecule has 0 bridgehead atoms. The molecule has 2 saturated heterocycles. The lowest BCUT2D eigenvalue weighted by Crippen LogP contribution is -2.42. The quantitative estimate of drug-likeness (QED) is 0.0955. The highest BCUT2D eigenvalue weighted by molar-refractivity contribution is 6.14. The van der Waals surface area contributed by atoms with Crippen molar-refractivity contribution >= 4 is 35.8 Å². The fourth-order valence-electron chi connectivity index (χ4n) is 7.77. The number of piperidine rings is 2. The minimum absolute atomic E-state index is 0. The van der Waals surface area contributed by atoms with E-state index in [0.29, 0.717) is 26.2 Å². The van der Waals surface area contributed by atoms with E-state index in [1.807, 2.05) is 62.4 Å². The zero-order valence-electron chi connectivity index (χ0n) is 35.3. The molecule has 4 atom stereocenters. The number of hydrogen-bond acceptors (Lipinski definition) is 8. The van der Waals surface area contributed by atoms with Gasteiger partial charge < -0.3 is 19.9 Å². The fourth-order valence-corrected chi connectivity index (χ4v) is 7.77. The van der Waals surface area contributed by atoms with Crippen LogP contribution in [0.15, 0.2) is 107 Å². The molecule has 0 aromatic heterocycles. The van der Waals surface area contributed by atoms with Gasteiger partial charge in [0, 0.05) is 48.4 Å². The summed E-state index contributed by atoms with van der Waals surface area (Å²) < 4.78 is 0. The summed E-state index contributed by atoms with van der Waals surface area (Å²) in [4.78, 5) is 38.8. The zero-order chi connectivity index (χ0) is 41.6. The molecule has 11 heteroatoms. The van der Waals surface area contributed by atoms with E-state index in [1.54, 1.807) is 0 Å². The van der Waals surface area contributed by atoms with Crippen molar-refractivity contribution in [2.75, 3.05) is 39.3 Å². The number of aliphatic carboxylic acids is 2. The molecule has 4 aromatic rings. The van der Waals surface area contributed by atoms with E-state index in [2.05, 4.69) is 96.3 Å². The van der Waals surface area contributed by atoms with Crippen molar-refractivity contribution in [1.82, 2.24) is 9.80 Å². The van der Waals surface area contributed by atoms with Gasteiger partial charge in [0.2, 0.25) is 0 Å². The minimum atomic E-state index is -0.706. The van der Waals surface area contributed by atoms with Crippen molar-refractivity contribution in [3.05, 3.63) is 142 Å². The summed E-state index contributed by atoms with van der Waals surface area (Å²) in [5, 5.41) is 27.7. The maximum atomic E-state index is 11.3. The van der Waals surface area contributed by atoms with Crippen LogP contribution in [0.1, 0.15) is 84.0 Å². The maximum Gasteiger partial charge on any atom is 0.307 e. The molecule has 2 aliphatic rings. The molecule has 0 spiro atoms. The zero-order valence-corrected chi connectivity index (χ0v) is 36.2. The summed E-state index contributed by atoms with van der Waals surface area (Å²) in [5.74, 6) is -1.98. The van der Waals surface area contributed by atoms with Gasteiger partial charge in [-0.2, -0.15) is 0 Å². The molecule has 2 aliphatic heterocycles. The summed E-state index contributed by atoms with van der Waals surface area (Å²) in [5.41, 5.74) is 10.5. The van der Waals surface area contributed by atoms with Crippen LogP contribution in [0.4, 0.5) is 0 Å². The molecule has 0 saturated carbocycles. The number of carboxylic acid groups (broad SMARTS) is 2. The summed E-state index contributed by atoms with van der Waals surface area (Å²) in [6.45, 7) is 16.6. The summed E-state index contributed by atoms with van der Waals surface area (Å²) >= 11 is 0. The highest BCUT2D eigenvalue weighted by Crippen LogP contribution is 2.22. The van der Waals surface area contributed by atoms with E-state index < -0.39 is 11.9 Å². The third kappa shape index (κ3) is 13.5. The third-order valence-electron chi connectivity index (χ3n) is 11.0. The minimum Gasteiger partial charge on any atom is -0.481 e. The van der Waals surface area contributed by atoms with Crippen molar-refractivity contribution in [1.29, 1.82) is 0 Å². The van der Waals surface area contributed by atoms with Gasteiger partial charge in [0.1, 0.15) is 23.6 Å². The van der Waals surface area contributed by atoms with Gasteiger partial charge in [0.25, 0.3) is 0 Å². The Balaban J connectivity index is 0.000000256. The Morgan fingerprint density at radius 2 is 0.864 bits per heavy atom. The predicted octanol–water partition coefficient (Wildman–Crippen LogP) is 8.94. The van der Waals surface area contributed by atoms with Gasteiger partial charge in [0.05, 0.1) is 11.8 Å². The highest BCUT2D eigenvalue weighted by atomic mass is 35.5. The van der Waals surface area contributed by atoms with Gasteiger partial charge in [-0.25, -0.2) is 0 Å². The van der Waals surface area contributed by atoms with Crippen LogP contribution in [0.25, 0.3) is 0 Å². The number of benzene rings is 4. The molecule has 0 radical (unpaired) electrons. The number of halogens is 1. The van der Waals surface area contributed by atoms with Gasteiger partial charge in [-0.3, -0.25) is 19.4 Å². The predicted molar refractivity (Wildman–Crippen MR) is 238 cm³/mol. The Labute approximate surface area is 356 Å². The molecule has 2 heterocycles. The third-order valence-corrected chi connectivity index (χ3v) is 11.0. The Morgan fingerprint density at radius 3 is 1.14 bits per heavy atom. The van der Waals surface area contributed by atoms with Gasteiger partial charge >= 0.3 is 11.9 Å². The second-order valence-corrected chi connectivity index (χ2v) is 15.8. The first-order chi connectivity index (χ1) is 27.9. The average Bonchev–Trinajstić information content (AvgIpc) is 3.21. The second kappa shape index (κ2) is 22.9. The smallest absolute Gasteiger partial charge is 0.307 e. The first kappa shape index (κ1) is 46.7. The van der Waals surface area contributed by atoms with E-state index in [9.17, 15) is 19.8 Å². The Morgan fingerprint density at radius 1 is 0.576 bits per heavy atom. The van der Waals surface area contributed by atoms with E-state index in [-0.39, 0.29) is 36.5 Å². The normalized spacial score (nSPS) is 17.8. The first-order valence-corrected chi connectivity index (χ1v) is 20.5. The molecule has 4 unspecified atom stereocenters. The number of likely N-dealkylation sites (tertiary alicyclic amines) is 2. The van der Waals surface area contributed by atoms with Crippen LogP contribution in [0.2, 0.25) is 0 Å². The summed E-state index contributed by atoms with van der Waals surface area (Å²) in [7, 11) is 0. The van der Waals surface area contributed by atoms with Crippen molar-refractivity contribution in [2.45, 2.75) is 79.4 Å². The molecule has 2 N–H and O–H groups in total. The lowest BCUT2D eigenvalue weighted by Gasteiger charge is -2.31. The summed E-state index contributed by atoms with van der Waals surface area (Å²) in [6, 6.07) is 32.7. The van der Waals surface area contributed by atoms with Gasteiger partial charge in [0.15, 0.2) is 0 Å². The molecule has 6 rings (SSSR count). The molecule has 10 nitrogen and oxygen atoms in total. The van der Waals surface area contributed by atoms with Gasteiger partial charge in [-0.1, -0.05) is 107 Å².